The maximum absolute atomic E-state index is 2.47. The number of hydrogen-bond acceptors (Lipinski definition) is 1. The molecule has 0 unspecified atom stereocenters. The number of para-hydroxylation sites is 1. The fourth-order valence-corrected chi connectivity index (χ4v) is 8.12. The van der Waals surface area contributed by atoms with Crippen LogP contribution in [-0.2, 0) is 0 Å². The minimum absolute atomic E-state index is 0.146. The second-order valence-electron chi connectivity index (χ2n) is 9.11. The molecule has 5 heteroatoms. The summed E-state index contributed by atoms with van der Waals surface area (Å²) in [5.74, 6) is 1.20. The Morgan fingerprint density at radius 3 is 2.40 bits per heavy atom. The number of rotatable bonds is 2. The van der Waals surface area contributed by atoms with Crippen molar-refractivity contribution in [2.45, 2.75) is 0 Å². The van der Waals surface area contributed by atoms with Gasteiger partial charge in [0.05, 0.1) is 0 Å². The SMILES string of the molecule is c1ccc(N2c3cc(-c4cccc5ccccc45)cc4c3B(n3cccc3[Se]4)n3cccc32)cc1. The molecule has 164 valence electrons. The number of aromatic nitrogens is 2. The van der Waals surface area contributed by atoms with Gasteiger partial charge in [-0.15, -0.1) is 0 Å². The van der Waals surface area contributed by atoms with Crippen molar-refractivity contribution in [1.29, 1.82) is 0 Å². The van der Waals surface area contributed by atoms with Gasteiger partial charge in [-0.05, 0) is 0 Å². The van der Waals surface area contributed by atoms with Gasteiger partial charge in [0.2, 0.25) is 0 Å². The van der Waals surface area contributed by atoms with Crippen molar-refractivity contribution < 1.29 is 0 Å². The van der Waals surface area contributed by atoms with E-state index in [1.54, 1.807) is 0 Å². The predicted octanol–water partition coefficient (Wildman–Crippen LogP) is 4.65. The topological polar surface area (TPSA) is 13.1 Å². The van der Waals surface area contributed by atoms with E-state index in [4.69, 9.17) is 0 Å². The first-order valence-electron chi connectivity index (χ1n) is 11.9. The molecule has 4 aromatic carbocycles. The zero-order valence-corrected chi connectivity index (χ0v) is 20.6. The van der Waals surface area contributed by atoms with Gasteiger partial charge >= 0.3 is 211 Å². The average molecular weight is 512 g/mol. The zero-order valence-electron chi connectivity index (χ0n) is 18.9. The molecule has 2 aliphatic rings. The van der Waals surface area contributed by atoms with Crippen LogP contribution in [0.3, 0.4) is 0 Å². The summed E-state index contributed by atoms with van der Waals surface area (Å²) < 4.78 is 7.78. The third-order valence-electron chi connectivity index (χ3n) is 7.20. The Morgan fingerprint density at radius 1 is 0.657 bits per heavy atom. The Hall–Kier alpha value is -3.92. The van der Waals surface area contributed by atoms with Crippen LogP contribution in [0.25, 0.3) is 21.9 Å². The van der Waals surface area contributed by atoms with Crippen molar-refractivity contribution in [2.24, 2.45) is 0 Å². The van der Waals surface area contributed by atoms with Crippen molar-refractivity contribution in [1.82, 2.24) is 8.96 Å². The molecule has 0 N–H and O–H groups in total. The summed E-state index contributed by atoms with van der Waals surface area (Å²) in [6.07, 6.45) is 4.47. The normalized spacial score (nSPS) is 13.5. The van der Waals surface area contributed by atoms with Crippen LogP contribution in [0.2, 0.25) is 0 Å². The van der Waals surface area contributed by atoms with E-state index in [9.17, 15) is 0 Å². The van der Waals surface area contributed by atoms with Crippen LogP contribution in [0, 0.1) is 0 Å². The van der Waals surface area contributed by atoms with E-state index < -0.39 is 0 Å². The van der Waals surface area contributed by atoms with Gasteiger partial charge in [0.1, 0.15) is 0 Å². The molecule has 0 spiro atoms. The third-order valence-corrected chi connectivity index (χ3v) is 9.54. The molecule has 35 heavy (non-hydrogen) atoms. The van der Waals surface area contributed by atoms with Crippen LogP contribution >= 0.6 is 0 Å². The molecular formula is C30H20BN3Se. The Balaban J connectivity index is 1.46. The number of anilines is 3. The summed E-state index contributed by atoms with van der Waals surface area (Å²) in [7, 11) is 0. The Labute approximate surface area is 210 Å². The van der Waals surface area contributed by atoms with Crippen LogP contribution in [0.15, 0.2) is 122 Å². The zero-order chi connectivity index (χ0) is 22.9. The van der Waals surface area contributed by atoms with E-state index in [0.717, 1.165) is 0 Å². The summed E-state index contributed by atoms with van der Waals surface area (Å²) in [4.78, 5) is 2.44. The summed E-state index contributed by atoms with van der Waals surface area (Å²) in [5, 5.41) is 2.58. The Kier molecular flexibility index (Phi) is 4.04. The second-order valence-corrected chi connectivity index (χ2v) is 11.3. The van der Waals surface area contributed by atoms with Gasteiger partial charge < -0.3 is 0 Å². The van der Waals surface area contributed by atoms with E-state index in [0.29, 0.717) is 0 Å². The molecule has 8 rings (SSSR count). The summed E-state index contributed by atoms with van der Waals surface area (Å²) in [5.41, 5.74) is 6.48. The van der Waals surface area contributed by atoms with Gasteiger partial charge in [-0.1, -0.05) is 0 Å². The quantitative estimate of drug-likeness (QED) is 0.308. The van der Waals surface area contributed by atoms with E-state index in [1.165, 1.54) is 53.6 Å². The van der Waals surface area contributed by atoms with E-state index in [-0.39, 0.29) is 21.9 Å². The molecule has 0 amide bonds. The van der Waals surface area contributed by atoms with Gasteiger partial charge in [0.25, 0.3) is 0 Å². The molecule has 0 saturated heterocycles. The second kappa shape index (κ2) is 7.29. The standard InChI is InChI=1S/C30H20BN3Se/c1-2-11-23(12-3-1)34-26-19-22(25-14-6-10-21-9-4-5-13-24(21)25)20-27-30(26)31(32-17-7-15-28(32)34)33-18-8-16-29(33)35-27/h1-20H. The average Bonchev–Trinajstić information content (AvgIpc) is 3.58. The Bertz CT molecular complexity index is 1750. The Morgan fingerprint density at radius 2 is 1.46 bits per heavy atom. The molecule has 0 aliphatic carbocycles. The van der Waals surface area contributed by atoms with Gasteiger partial charge in [-0.25, -0.2) is 0 Å². The van der Waals surface area contributed by atoms with E-state index >= 15 is 0 Å². The molecule has 2 aliphatic heterocycles. The molecule has 0 bridgehead atoms. The first kappa shape index (κ1) is 19.4. The van der Waals surface area contributed by atoms with E-state index in [2.05, 4.69) is 135 Å². The molecule has 0 radical (unpaired) electrons. The predicted molar refractivity (Wildman–Crippen MR) is 148 cm³/mol. The number of nitrogens with zero attached hydrogens (tertiary/aromatic N) is 3. The van der Waals surface area contributed by atoms with Gasteiger partial charge in [0.15, 0.2) is 0 Å². The molecule has 2 aromatic heterocycles. The summed E-state index contributed by atoms with van der Waals surface area (Å²) in [6, 6.07) is 39.9. The summed E-state index contributed by atoms with van der Waals surface area (Å²) in [6.45, 7) is 0.146. The molecule has 3 nitrogen and oxygen atoms in total. The van der Waals surface area contributed by atoms with Crippen LogP contribution in [0.1, 0.15) is 0 Å². The van der Waals surface area contributed by atoms with Crippen molar-refractivity contribution >= 4 is 64.4 Å². The summed E-state index contributed by atoms with van der Waals surface area (Å²) >= 11 is 0.234. The monoisotopic (exact) mass is 513 g/mol. The molecule has 6 aromatic rings. The van der Waals surface area contributed by atoms with Gasteiger partial charge in [-0.3, -0.25) is 0 Å². The first-order valence-corrected chi connectivity index (χ1v) is 13.6. The van der Waals surface area contributed by atoms with Gasteiger partial charge in [-0.2, -0.15) is 0 Å². The van der Waals surface area contributed by atoms with Crippen molar-refractivity contribution in [3.05, 3.63) is 122 Å². The van der Waals surface area contributed by atoms with Crippen molar-refractivity contribution in [2.75, 3.05) is 4.90 Å². The molecule has 0 atom stereocenters. The van der Waals surface area contributed by atoms with E-state index in [1.807, 2.05) is 0 Å². The van der Waals surface area contributed by atoms with Gasteiger partial charge in [0, 0.05) is 0 Å². The van der Waals surface area contributed by atoms with Crippen LogP contribution in [0.4, 0.5) is 17.2 Å². The maximum atomic E-state index is 2.47. The first-order chi connectivity index (χ1) is 17.4. The third kappa shape index (κ3) is 2.74. The molecule has 0 saturated carbocycles. The minimum atomic E-state index is 0.146. The fourth-order valence-electron chi connectivity index (χ4n) is 5.72. The molecular weight excluding hydrogens is 492 g/mol. The van der Waals surface area contributed by atoms with Crippen LogP contribution in [0.5, 0.6) is 0 Å². The van der Waals surface area contributed by atoms with Crippen LogP contribution < -0.4 is 19.4 Å². The fraction of sp³-hybridized carbons (Fsp3) is 0. The number of fused-ring (bicyclic) bond motifs is 5. The number of benzene rings is 4. The van der Waals surface area contributed by atoms with Crippen molar-refractivity contribution in [3.63, 3.8) is 0 Å². The van der Waals surface area contributed by atoms with Crippen molar-refractivity contribution in [3.8, 4) is 11.1 Å². The van der Waals surface area contributed by atoms with Crippen LogP contribution in [-0.4, -0.2) is 30.9 Å². The number of hydrogen-bond donors (Lipinski definition) is 0. The molecule has 0 fully saturated rings. The molecule has 4 heterocycles.